The number of fused-ring (bicyclic) bond motifs is 6. The summed E-state index contributed by atoms with van der Waals surface area (Å²) >= 11 is 0. The highest BCUT2D eigenvalue weighted by atomic mass is 16.3. The van der Waals surface area contributed by atoms with Crippen molar-refractivity contribution in [1.82, 2.24) is 0 Å². The fourth-order valence-corrected chi connectivity index (χ4v) is 10.7. The molecule has 0 saturated carbocycles. The van der Waals surface area contributed by atoms with Gasteiger partial charge in [-0.1, -0.05) is 227 Å². The van der Waals surface area contributed by atoms with Gasteiger partial charge in [0.1, 0.15) is 11.2 Å². The van der Waals surface area contributed by atoms with Crippen molar-refractivity contribution in [2.45, 2.75) is 31.6 Å². The molecule has 2 nitrogen and oxygen atoms in total. The van der Waals surface area contributed by atoms with Gasteiger partial charge < -0.3 is 9.32 Å². The predicted octanol–water partition coefficient (Wildman–Crippen LogP) is 17.7. The summed E-state index contributed by atoms with van der Waals surface area (Å²) in [6, 6.07) is 88.8. The number of anilines is 3. The molecule has 2 heteroatoms. The topological polar surface area (TPSA) is 16.4 Å². The summed E-state index contributed by atoms with van der Waals surface area (Å²) in [7, 11) is 0. The summed E-state index contributed by atoms with van der Waals surface area (Å²) in [5.41, 5.74) is 20.5. The first-order valence-corrected chi connectivity index (χ1v) is 23.3. The van der Waals surface area contributed by atoms with E-state index in [-0.39, 0.29) is 5.41 Å². The van der Waals surface area contributed by atoms with Gasteiger partial charge in [-0.15, -0.1) is 0 Å². The van der Waals surface area contributed by atoms with Gasteiger partial charge in [0, 0.05) is 33.3 Å². The zero-order valence-electron chi connectivity index (χ0n) is 37.9. The van der Waals surface area contributed by atoms with Crippen molar-refractivity contribution in [3.8, 4) is 44.5 Å². The minimum Gasteiger partial charge on any atom is -0.455 e. The summed E-state index contributed by atoms with van der Waals surface area (Å²) in [4.78, 5) is 2.45. The SMILES string of the molecule is CC(C)(C)c1ccc(-c2ccc(-c3ccc(N(c4ccc(-c5cccc6c5oc5ccccc56)cc4)c4cccc5c4-c4ccccc4C5(c4ccccc4)c4ccccc4)cc3)cc2)cc1. The Kier molecular flexibility index (Phi) is 9.66. The van der Waals surface area contributed by atoms with Crippen LogP contribution in [-0.2, 0) is 10.8 Å². The summed E-state index contributed by atoms with van der Waals surface area (Å²) in [5, 5.41) is 2.26. The van der Waals surface area contributed by atoms with Crippen LogP contribution >= 0.6 is 0 Å². The quantitative estimate of drug-likeness (QED) is 0.151. The van der Waals surface area contributed by atoms with Crippen LogP contribution in [0.3, 0.4) is 0 Å². The molecule has 1 aliphatic rings. The van der Waals surface area contributed by atoms with Crippen molar-refractivity contribution in [1.29, 1.82) is 0 Å². The zero-order valence-corrected chi connectivity index (χ0v) is 37.9. The number of rotatable bonds is 8. The Morgan fingerprint density at radius 3 is 1.45 bits per heavy atom. The maximum atomic E-state index is 6.51. The van der Waals surface area contributed by atoms with Crippen molar-refractivity contribution >= 4 is 39.0 Å². The van der Waals surface area contributed by atoms with E-state index in [2.05, 4.69) is 256 Å². The third-order valence-electron chi connectivity index (χ3n) is 14.0. The molecule has 0 atom stereocenters. The van der Waals surface area contributed by atoms with E-state index in [0.29, 0.717) is 0 Å². The molecule has 0 radical (unpaired) electrons. The molecule has 0 fully saturated rings. The maximum absolute atomic E-state index is 6.51. The minimum absolute atomic E-state index is 0.124. The van der Waals surface area contributed by atoms with Crippen LogP contribution in [0.25, 0.3) is 66.4 Å². The number of furan rings is 1. The largest absolute Gasteiger partial charge is 0.455 e. The van der Waals surface area contributed by atoms with Crippen LogP contribution in [0.15, 0.2) is 247 Å². The van der Waals surface area contributed by atoms with Crippen molar-refractivity contribution in [2.75, 3.05) is 4.90 Å². The van der Waals surface area contributed by atoms with Crippen molar-refractivity contribution < 1.29 is 4.42 Å². The smallest absolute Gasteiger partial charge is 0.143 e. The Morgan fingerprint density at radius 1 is 0.373 bits per heavy atom. The number of nitrogens with zero attached hydrogens (tertiary/aromatic N) is 1. The minimum atomic E-state index is -0.518. The third-order valence-corrected chi connectivity index (χ3v) is 14.0. The van der Waals surface area contributed by atoms with Crippen LogP contribution in [-0.4, -0.2) is 0 Å². The highest BCUT2D eigenvalue weighted by Crippen LogP contribution is 2.59. The molecular formula is C65H49NO. The summed E-state index contributed by atoms with van der Waals surface area (Å²) in [6.07, 6.45) is 0. The second kappa shape index (κ2) is 16.0. The molecular weight excluding hydrogens is 811 g/mol. The van der Waals surface area contributed by atoms with Crippen LogP contribution < -0.4 is 4.90 Å². The van der Waals surface area contributed by atoms with Gasteiger partial charge in [0.25, 0.3) is 0 Å². The molecule has 0 bridgehead atoms. The maximum Gasteiger partial charge on any atom is 0.143 e. The molecule has 1 aliphatic carbocycles. The molecule has 320 valence electrons. The molecule has 67 heavy (non-hydrogen) atoms. The monoisotopic (exact) mass is 859 g/mol. The van der Waals surface area contributed by atoms with Crippen molar-refractivity contribution in [2.24, 2.45) is 0 Å². The Bertz CT molecular complexity index is 3520. The van der Waals surface area contributed by atoms with Gasteiger partial charge in [-0.2, -0.15) is 0 Å². The van der Waals surface area contributed by atoms with Gasteiger partial charge in [-0.05, 0) is 103 Å². The van der Waals surface area contributed by atoms with Gasteiger partial charge in [0.15, 0.2) is 0 Å². The van der Waals surface area contributed by atoms with E-state index in [1.54, 1.807) is 0 Å². The van der Waals surface area contributed by atoms with Crippen LogP contribution in [0.2, 0.25) is 0 Å². The Balaban J connectivity index is 1.00. The Morgan fingerprint density at radius 2 is 0.836 bits per heavy atom. The lowest BCUT2D eigenvalue weighted by Crippen LogP contribution is -2.28. The lowest BCUT2D eigenvalue weighted by molar-refractivity contribution is 0.590. The van der Waals surface area contributed by atoms with Crippen molar-refractivity contribution in [3.63, 3.8) is 0 Å². The van der Waals surface area contributed by atoms with E-state index in [1.165, 1.54) is 61.2 Å². The first-order chi connectivity index (χ1) is 32.9. The van der Waals surface area contributed by atoms with Gasteiger partial charge >= 0.3 is 0 Å². The van der Waals surface area contributed by atoms with Gasteiger partial charge in [-0.25, -0.2) is 0 Å². The number of hydrogen-bond acceptors (Lipinski definition) is 2. The molecule has 10 aromatic carbocycles. The zero-order chi connectivity index (χ0) is 45.1. The summed E-state index contributed by atoms with van der Waals surface area (Å²) < 4.78 is 6.51. The van der Waals surface area contributed by atoms with E-state index < -0.39 is 5.41 Å². The van der Waals surface area contributed by atoms with Crippen LogP contribution in [0.5, 0.6) is 0 Å². The first-order valence-electron chi connectivity index (χ1n) is 23.3. The molecule has 11 aromatic rings. The lowest BCUT2D eigenvalue weighted by atomic mass is 9.68. The average molecular weight is 860 g/mol. The highest BCUT2D eigenvalue weighted by Gasteiger charge is 2.47. The highest BCUT2D eigenvalue weighted by molar-refractivity contribution is 6.09. The molecule has 0 saturated heterocycles. The van der Waals surface area contributed by atoms with Gasteiger partial charge in [0.2, 0.25) is 0 Å². The van der Waals surface area contributed by atoms with E-state index in [0.717, 1.165) is 50.1 Å². The average Bonchev–Trinajstić information content (AvgIpc) is 3.92. The van der Waals surface area contributed by atoms with E-state index in [4.69, 9.17) is 4.42 Å². The number of para-hydroxylation sites is 2. The fraction of sp³-hybridized carbons (Fsp3) is 0.0769. The Labute approximate surface area is 393 Å². The van der Waals surface area contributed by atoms with E-state index in [1.807, 2.05) is 12.1 Å². The van der Waals surface area contributed by atoms with Crippen molar-refractivity contribution in [3.05, 3.63) is 270 Å². The second-order valence-corrected chi connectivity index (χ2v) is 18.8. The predicted molar refractivity (Wildman–Crippen MR) is 281 cm³/mol. The molecule has 0 N–H and O–H groups in total. The summed E-state index contributed by atoms with van der Waals surface area (Å²) in [6.45, 7) is 6.78. The number of hydrogen-bond donors (Lipinski definition) is 0. The number of benzene rings is 10. The molecule has 0 amide bonds. The molecule has 0 spiro atoms. The fourth-order valence-electron chi connectivity index (χ4n) is 10.7. The first kappa shape index (κ1) is 40.3. The van der Waals surface area contributed by atoms with Crippen LogP contribution in [0.1, 0.15) is 48.6 Å². The molecule has 0 unspecified atom stereocenters. The van der Waals surface area contributed by atoms with Crippen LogP contribution in [0.4, 0.5) is 17.1 Å². The molecule has 0 aliphatic heterocycles. The van der Waals surface area contributed by atoms with Gasteiger partial charge in [-0.3, -0.25) is 0 Å². The third kappa shape index (κ3) is 6.71. The van der Waals surface area contributed by atoms with Gasteiger partial charge in [0.05, 0.1) is 11.1 Å². The molecule has 12 rings (SSSR count). The normalized spacial score (nSPS) is 12.8. The lowest BCUT2D eigenvalue weighted by Gasteiger charge is -2.34. The van der Waals surface area contributed by atoms with E-state index >= 15 is 0 Å². The molecule has 1 heterocycles. The summed E-state index contributed by atoms with van der Waals surface area (Å²) in [5.74, 6) is 0. The Hall–Kier alpha value is -8.20. The molecule has 1 aromatic heterocycles. The second-order valence-electron chi connectivity index (χ2n) is 18.8. The standard InChI is InChI=1S/C65H49NO/c1-64(2,3)49-38-32-46(33-39-49)44-28-30-45(31-29-44)47-34-40-52(41-35-47)66(53-42-36-48(37-43-53)54-22-14-23-56-55-20-11-13-27-61(55)67-63(54)56)60-26-15-25-59-62(60)57-21-10-12-24-58(57)65(59,50-16-6-4-7-17-50)51-18-8-5-9-19-51/h4-43H,1-3H3. The van der Waals surface area contributed by atoms with Crippen LogP contribution in [0, 0.1) is 0 Å². The van der Waals surface area contributed by atoms with E-state index in [9.17, 15) is 0 Å².